The van der Waals surface area contributed by atoms with Crippen LogP contribution in [0.3, 0.4) is 0 Å². The van der Waals surface area contributed by atoms with Crippen LogP contribution in [0.15, 0.2) is 24.5 Å². The minimum Gasteiger partial charge on any atom is -0.454 e. The summed E-state index contributed by atoms with van der Waals surface area (Å²) < 4.78 is 6.82. The highest BCUT2D eigenvalue weighted by Gasteiger charge is 2.37. The zero-order chi connectivity index (χ0) is 34.0. The van der Waals surface area contributed by atoms with Gasteiger partial charge in [0, 0.05) is 11.4 Å². The molecule has 4 saturated carbocycles. The van der Waals surface area contributed by atoms with E-state index in [1.54, 1.807) is 0 Å². The van der Waals surface area contributed by atoms with Crippen molar-refractivity contribution < 1.29 is 4.74 Å². The number of aromatic nitrogens is 2. The normalized spacial score (nSPS) is 27.1. The van der Waals surface area contributed by atoms with E-state index in [1.165, 1.54) is 177 Å². The predicted octanol–water partition coefficient (Wildman–Crippen LogP) is 14.2. The third-order valence-corrected chi connectivity index (χ3v) is 14.2. The van der Waals surface area contributed by atoms with Crippen molar-refractivity contribution in [2.24, 2.45) is 35.5 Å². The van der Waals surface area contributed by atoms with Gasteiger partial charge in [-0.05, 0) is 136 Å². The number of rotatable bonds is 14. The van der Waals surface area contributed by atoms with Crippen molar-refractivity contribution in [3.05, 3.63) is 47.0 Å². The van der Waals surface area contributed by atoms with Gasteiger partial charge in [0.15, 0.2) is 0 Å². The summed E-state index contributed by atoms with van der Waals surface area (Å²) in [4.78, 5) is 10.1. The first-order valence-corrected chi connectivity index (χ1v) is 21.6. The largest absolute Gasteiger partial charge is 0.454 e. The van der Waals surface area contributed by atoms with Crippen molar-refractivity contribution in [3.8, 4) is 11.5 Å². The van der Waals surface area contributed by atoms with Gasteiger partial charge in [0.25, 0.3) is 0 Å². The topological polar surface area (TPSA) is 35.0 Å². The molecule has 0 amide bonds. The Bertz CT molecular complexity index is 1160. The molecule has 4 fully saturated rings. The lowest BCUT2D eigenvalue weighted by molar-refractivity contribution is 0.171. The van der Waals surface area contributed by atoms with Crippen LogP contribution >= 0.6 is 0 Å². The first-order valence-electron chi connectivity index (χ1n) is 21.6. The van der Waals surface area contributed by atoms with E-state index in [9.17, 15) is 0 Å². The fourth-order valence-corrected chi connectivity index (χ4v) is 11.4. The number of hydrogen-bond donors (Lipinski definition) is 0. The summed E-state index contributed by atoms with van der Waals surface area (Å²) >= 11 is 0. The maximum Gasteiger partial charge on any atom is 0.146 e. The summed E-state index contributed by atoms with van der Waals surface area (Å²) in [6.07, 6.45) is 37.6. The van der Waals surface area contributed by atoms with Crippen LogP contribution in [0.4, 0.5) is 0 Å². The number of hydrogen-bond acceptors (Lipinski definition) is 3. The standard InChI is InChI=1S/C46H72N2O/c1-5-7-15-35-21-25-39(26-22-35)45(37-17-11-9-12-18-37)43-29-41(31-47-33(43)3)49-42-30-44(34(4)48-32-42)46(38-19-13-10-14-20-38)40-27-23-36(24-28-40)16-8-6-2/h29-32,35-40,45-46H,5-28H2,1-4H3. The Kier molecular flexibility index (Phi) is 14.0. The molecular formula is C46H72N2O. The lowest BCUT2D eigenvalue weighted by atomic mass is 9.65. The average Bonchev–Trinajstić information content (AvgIpc) is 3.14. The lowest BCUT2D eigenvalue weighted by Gasteiger charge is -2.40. The summed E-state index contributed by atoms with van der Waals surface area (Å²) in [6, 6.07) is 4.83. The van der Waals surface area contributed by atoms with Crippen molar-refractivity contribution in [3.63, 3.8) is 0 Å². The molecule has 2 aromatic heterocycles. The van der Waals surface area contributed by atoms with Crippen LogP contribution in [0.2, 0.25) is 0 Å². The molecule has 0 aromatic carbocycles. The molecular weight excluding hydrogens is 597 g/mol. The fourth-order valence-electron chi connectivity index (χ4n) is 11.4. The molecule has 2 aromatic rings. The van der Waals surface area contributed by atoms with Crippen LogP contribution in [-0.4, -0.2) is 9.97 Å². The first-order chi connectivity index (χ1) is 24.0. The maximum absolute atomic E-state index is 6.82. The van der Waals surface area contributed by atoms with Gasteiger partial charge in [-0.25, -0.2) is 0 Å². The van der Waals surface area contributed by atoms with Crippen molar-refractivity contribution >= 4 is 0 Å². The van der Waals surface area contributed by atoms with Gasteiger partial charge in [-0.15, -0.1) is 0 Å². The van der Waals surface area contributed by atoms with E-state index in [1.807, 2.05) is 12.4 Å². The SMILES string of the molecule is CCCCC1CCC(C(c2cc(Oc3cnc(C)c(C(C4CCCCC4)C4CCC(CCCC)CC4)c3)cnc2C)C2CCCCC2)CC1. The Morgan fingerprint density at radius 3 is 1.27 bits per heavy atom. The van der Waals surface area contributed by atoms with Gasteiger partial charge < -0.3 is 4.74 Å². The summed E-state index contributed by atoms with van der Waals surface area (Å²) in [7, 11) is 0. The molecule has 2 atom stereocenters. The molecule has 0 bridgehead atoms. The summed E-state index contributed by atoms with van der Waals surface area (Å²) in [5.74, 6) is 8.15. The highest BCUT2D eigenvalue weighted by Crippen LogP contribution is 2.50. The molecule has 0 radical (unpaired) electrons. The zero-order valence-corrected chi connectivity index (χ0v) is 32.2. The number of nitrogens with zero attached hydrogens (tertiary/aromatic N) is 2. The molecule has 6 rings (SSSR count). The summed E-state index contributed by atoms with van der Waals surface area (Å²) in [6.45, 7) is 9.22. The Morgan fingerprint density at radius 1 is 0.531 bits per heavy atom. The minimum absolute atomic E-state index is 0.623. The molecule has 4 aliphatic rings. The molecule has 4 aliphatic carbocycles. The van der Waals surface area contributed by atoms with Gasteiger partial charge in [0.2, 0.25) is 0 Å². The molecule has 272 valence electrons. The number of pyridine rings is 2. The van der Waals surface area contributed by atoms with E-state index in [-0.39, 0.29) is 0 Å². The summed E-state index contributed by atoms with van der Waals surface area (Å²) in [5.41, 5.74) is 5.43. The van der Waals surface area contributed by atoms with Crippen molar-refractivity contribution in [2.45, 2.75) is 194 Å². The Balaban J connectivity index is 1.23. The van der Waals surface area contributed by atoms with Gasteiger partial charge in [-0.1, -0.05) is 117 Å². The third kappa shape index (κ3) is 9.71. The number of aryl methyl sites for hydroxylation is 2. The smallest absolute Gasteiger partial charge is 0.146 e. The molecule has 3 nitrogen and oxygen atoms in total. The van der Waals surface area contributed by atoms with Crippen LogP contribution in [0.5, 0.6) is 11.5 Å². The van der Waals surface area contributed by atoms with Crippen molar-refractivity contribution in [2.75, 3.05) is 0 Å². The molecule has 0 spiro atoms. The second-order valence-corrected chi connectivity index (χ2v) is 17.5. The maximum atomic E-state index is 6.82. The predicted molar refractivity (Wildman–Crippen MR) is 207 cm³/mol. The van der Waals surface area contributed by atoms with E-state index in [0.29, 0.717) is 11.8 Å². The van der Waals surface area contributed by atoms with Gasteiger partial charge in [0.05, 0.1) is 12.4 Å². The lowest BCUT2D eigenvalue weighted by Crippen LogP contribution is -2.28. The van der Waals surface area contributed by atoms with Crippen LogP contribution in [0, 0.1) is 49.4 Å². The van der Waals surface area contributed by atoms with E-state index < -0.39 is 0 Å². The monoisotopic (exact) mass is 669 g/mol. The van der Waals surface area contributed by atoms with E-state index >= 15 is 0 Å². The van der Waals surface area contributed by atoms with E-state index in [4.69, 9.17) is 14.7 Å². The molecule has 3 heteroatoms. The summed E-state index contributed by atoms with van der Waals surface area (Å²) in [5, 5.41) is 0. The first kappa shape index (κ1) is 36.9. The van der Waals surface area contributed by atoms with Crippen molar-refractivity contribution in [1.82, 2.24) is 9.97 Å². The van der Waals surface area contributed by atoms with Crippen LogP contribution in [-0.2, 0) is 0 Å². The highest BCUT2D eigenvalue weighted by molar-refractivity contribution is 5.39. The third-order valence-electron chi connectivity index (χ3n) is 14.2. The Morgan fingerprint density at radius 2 is 0.898 bits per heavy atom. The van der Waals surface area contributed by atoms with Gasteiger partial charge >= 0.3 is 0 Å². The number of ether oxygens (including phenoxy) is 1. The molecule has 0 aliphatic heterocycles. The van der Waals surface area contributed by atoms with Crippen LogP contribution < -0.4 is 4.74 Å². The van der Waals surface area contributed by atoms with Crippen LogP contribution in [0.1, 0.15) is 202 Å². The van der Waals surface area contributed by atoms with Gasteiger partial charge in [-0.3, -0.25) is 9.97 Å². The second-order valence-electron chi connectivity index (χ2n) is 17.5. The highest BCUT2D eigenvalue weighted by atomic mass is 16.5. The average molecular weight is 669 g/mol. The molecule has 49 heavy (non-hydrogen) atoms. The Labute approximate surface area is 301 Å². The fraction of sp³-hybridized carbons (Fsp3) is 0.783. The molecule has 2 unspecified atom stereocenters. The van der Waals surface area contributed by atoms with Gasteiger partial charge in [-0.2, -0.15) is 0 Å². The van der Waals surface area contributed by atoms with E-state index in [2.05, 4.69) is 39.8 Å². The van der Waals surface area contributed by atoms with Crippen molar-refractivity contribution in [1.29, 1.82) is 0 Å². The molecule has 0 saturated heterocycles. The molecule has 0 N–H and O–H groups in total. The van der Waals surface area contributed by atoms with E-state index in [0.717, 1.165) is 47.0 Å². The minimum atomic E-state index is 0.623. The second kappa shape index (κ2) is 18.5. The zero-order valence-electron chi connectivity index (χ0n) is 32.2. The number of unbranched alkanes of at least 4 members (excludes halogenated alkanes) is 2. The molecule has 2 heterocycles. The Hall–Kier alpha value is -1.90. The quantitative estimate of drug-likeness (QED) is 0.201. The van der Waals surface area contributed by atoms with Crippen LogP contribution in [0.25, 0.3) is 0 Å². The van der Waals surface area contributed by atoms with Gasteiger partial charge in [0.1, 0.15) is 11.5 Å².